The molecule has 1 unspecified atom stereocenters. The molecule has 0 aliphatic carbocycles. The minimum Gasteiger partial charge on any atom is -0.465 e. The Labute approximate surface area is 211 Å². The quantitative estimate of drug-likeness (QED) is 0.373. The van der Waals surface area contributed by atoms with Crippen molar-refractivity contribution >= 4 is 23.5 Å². The summed E-state index contributed by atoms with van der Waals surface area (Å²) in [5, 5.41) is 0. The van der Waals surface area contributed by atoms with Gasteiger partial charge in [0, 0.05) is 24.6 Å². The van der Waals surface area contributed by atoms with E-state index in [9.17, 15) is 14.4 Å². The Balaban J connectivity index is 1.76. The summed E-state index contributed by atoms with van der Waals surface area (Å²) in [6.07, 6.45) is 4.03. The number of methoxy groups -OCH3 is 1. The van der Waals surface area contributed by atoms with E-state index in [0.29, 0.717) is 24.2 Å². The summed E-state index contributed by atoms with van der Waals surface area (Å²) in [4.78, 5) is 45.5. The van der Waals surface area contributed by atoms with Crippen molar-refractivity contribution < 1.29 is 23.9 Å². The number of hydrogen-bond donors (Lipinski definition) is 0. The maximum atomic E-state index is 13.9. The Morgan fingerprint density at radius 1 is 1.00 bits per heavy atom. The molecule has 1 atom stereocenters. The lowest BCUT2D eigenvalue weighted by Crippen LogP contribution is -2.42. The van der Waals surface area contributed by atoms with Gasteiger partial charge in [0.05, 0.1) is 12.7 Å². The zero-order valence-corrected chi connectivity index (χ0v) is 21.0. The highest BCUT2D eigenvalue weighted by Gasteiger charge is 2.38. The van der Waals surface area contributed by atoms with E-state index < -0.39 is 23.5 Å². The average Bonchev–Trinajstić information content (AvgIpc) is 3.30. The third-order valence-electron chi connectivity index (χ3n) is 6.06. The normalized spacial score (nSPS) is 13.6. The van der Waals surface area contributed by atoms with Gasteiger partial charge in [0.15, 0.2) is 0 Å². The molecule has 1 aliphatic heterocycles. The van der Waals surface area contributed by atoms with Crippen LogP contribution in [0.4, 0.5) is 5.69 Å². The molecule has 0 saturated heterocycles. The zero-order valence-electron chi connectivity index (χ0n) is 21.0. The number of esters is 2. The van der Waals surface area contributed by atoms with Gasteiger partial charge in [-0.15, -0.1) is 0 Å². The van der Waals surface area contributed by atoms with E-state index in [1.165, 1.54) is 7.11 Å². The maximum absolute atomic E-state index is 13.9. The van der Waals surface area contributed by atoms with Crippen LogP contribution in [0.15, 0.2) is 67.0 Å². The SMILES string of the molecule is COC(=O)c1cc(-c2ccncc2)cc2c1CCN2C(=O)C(Cc1ccccc1)C(=O)OC(C)(C)C. The maximum Gasteiger partial charge on any atom is 0.338 e. The van der Waals surface area contributed by atoms with Gasteiger partial charge in [0.1, 0.15) is 11.5 Å². The largest absolute Gasteiger partial charge is 0.465 e. The van der Waals surface area contributed by atoms with Crippen molar-refractivity contribution in [1.82, 2.24) is 4.98 Å². The minimum atomic E-state index is -1.02. The van der Waals surface area contributed by atoms with Crippen molar-refractivity contribution in [2.75, 3.05) is 18.6 Å². The number of fused-ring (bicyclic) bond motifs is 1. The molecule has 2 aromatic carbocycles. The van der Waals surface area contributed by atoms with Gasteiger partial charge in [-0.25, -0.2) is 4.79 Å². The highest BCUT2D eigenvalue weighted by Crippen LogP contribution is 2.37. The second kappa shape index (κ2) is 10.3. The number of rotatable bonds is 6. The smallest absolute Gasteiger partial charge is 0.338 e. The minimum absolute atomic E-state index is 0.217. The van der Waals surface area contributed by atoms with Crippen molar-refractivity contribution in [2.45, 2.75) is 39.2 Å². The molecular formula is C29H30N2O5. The fourth-order valence-electron chi connectivity index (χ4n) is 4.42. The molecule has 7 nitrogen and oxygen atoms in total. The van der Waals surface area contributed by atoms with Crippen LogP contribution in [0.1, 0.15) is 42.3 Å². The van der Waals surface area contributed by atoms with Gasteiger partial charge in [-0.3, -0.25) is 14.6 Å². The lowest BCUT2D eigenvalue weighted by atomic mass is 9.96. The molecule has 186 valence electrons. The summed E-state index contributed by atoms with van der Waals surface area (Å²) in [7, 11) is 1.34. The molecule has 0 saturated carbocycles. The summed E-state index contributed by atoms with van der Waals surface area (Å²) < 4.78 is 10.7. The van der Waals surface area contributed by atoms with Gasteiger partial charge in [0.2, 0.25) is 5.91 Å². The van der Waals surface area contributed by atoms with E-state index >= 15 is 0 Å². The lowest BCUT2D eigenvalue weighted by molar-refractivity contribution is -0.162. The molecule has 0 N–H and O–H groups in total. The van der Waals surface area contributed by atoms with Gasteiger partial charge in [-0.1, -0.05) is 30.3 Å². The van der Waals surface area contributed by atoms with E-state index in [2.05, 4.69) is 4.98 Å². The molecule has 0 bridgehead atoms. The first-order valence-corrected chi connectivity index (χ1v) is 11.9. The van der Waals surface area contributed by atoms with E-state index in [-0.39, 0.29) is 12.3 Å². The number of aromatic nitrogens is 1. The van der Waals surface area contributed by atoms with Gasteiger partial charge < -0.3 is 14.4 Å². The summed E-state index contributed by atoms with van der Waals surface area (Å²) in [6.45, 7) is 5.70. The first-order valence-electron chi connectivity index (χ1n) is 11.9. The van der Waals surface area contributed by atoms with E-state index in [1.54, 1.807) is 44.1 Å². The van der Waals surface area contributed by atoms with Crippen LogP contribution < -0.4 is 4.90 Å². The summed E-state index contributed by atoms with van der Waals surface area (Å²) in [5.41, 5.74) is 3.49. The monoisotopic (exact) mass is 486 g/mol. The Morgan fingerprint density at radius 3 is 2.33 bits per heavy atom. The second-order valence-corrected chi connectivity index (χ2v) is 9.76. The molecule has 0 spiro atoms. The average molecular weight is 487 g/mol. The third kappa shape index (κ3) is 5.46. The van der Waals surface area contributed by atoms with Crippen LogP contribution in [0.5, 0.6) is 0 Å². The standard InChI is InChI=1S/C29H30N2O5/c1-29(2,3)36-28(34)24(16-19-8-6-5-7-9-19)26(32)31-15-12-22-23(27(33)35-4)17-21(18-25(22)31)20-10-13-30-14-11-20/h5-11,13-14,17-18,24H,12,15-16H2,1-4H3. The Bertz CT molecular complexity index is 1270. The Hall–Kier alpha value is -4.00. The van der Waals surface area contributed by atoms with Crippen LogP contribution in [0, 0.1) is 5.92 Å². The number of amides is 1. The number of carbonyl (C=O) groups is 3. The fraction of sp³-hybridized carbons (Fsp3) is 0.310. The van der Waals surface area contributed by atoms with Gasteiger partial charge in [0.25, 0.3) is 0 Å². The summed E-state index contributed by atoms with van der Waals surface area (Å²) >= 11 is 0. The predicted molar refractivity (Wildman–Crippen MR) is 137 cm³/mol. The summed E-state index contributed by atoms with van der Waals surface area (Å²) in [5.74, 6) is -2.41. The number of benzene rings is 2. The lowest BCUT2D eigenvalue weighted by Gasteiger charge is -2.27. The van der Waals surface area contributed by atoms with E-state index in [4.69, 9.17) is 9.47 Å². The van der Waals surface area contributed by atoms with Crippen molar-refractivity contribution in [3.05, 3.63) is 83.7 Å². The molecule has 0 fully saturated rings. The van der Waals surface area contributed by atoms with Crippen LogP contribution in [-0.4, -0.2) is 42.1 Å². The number of hydrogen-bond acceptors (Lipinski definition) is 6. The first kappa shape index (κ1) is 25.1. The second-order valence-electron chi connectivity index (χ2n) is 9.76. The van der Waals surface area contributed by atoms with Crippen LogP contribution in [0.25, 0.3) is 11.1 Å². The molecule has 1 aliphatic rings. The topological polar surface area (TPSA) is 85.8 Å². The molecule has 7 heteroatoms. The first-order chi connectivity index (χ1) is 17.2. The number of anilines is 1. The van der Waals surface area contributed by atoms with Crippen LogP contribution in [0.2, 0.25) is 0 Å². The molecule has 1 aromatic heterocycles. The Morgan fingerprint density at radius 2 is 1.69 bits per heavy atom. The van der Waals surface area contributed by atoms with Crippen LogP contribution in [0.3, 0.4) is 0 Å². The number of carbonyl (C=O) groups excluding carboxylic acids is 3. The molecule has 1 amide bonds. The van der Waals surface area contributed by atoms with Gasteiger partial charge >= 0.3 is 11.9 Å². The number of ether oxygens (including phenoxy) is 2. The molecular weight excluding hydrogens is 456 g/mol. The van der Waals surface area contributed by atoms with Crippen molar-refractivity contribution in [2.24, 2.45) is 5.92 Å². The highest BCUT2D eigenvalue weighted by atomic mass is 16.6. The van der Waals surface area contributed by atoms with Gasteiger partial charge in [-0.05, 0) is 80.1 Å². The highest BCUT2D eigenvalue weighted by molar-refractivity contribution is 6.09. The predicted octanol–water partition coefficient (Wildman–Crippen LogP) is 4.62. The molecule has 4 rings (SSSR count). The molecule has 0 radical (unpaired) electrons. The van der Waals surface area contributed by atoms with Gasteiger partial charge in [-0.2, -0.15) is 0 Å². The summed E-state index contributed by atoms with van der Waals surface area (Å²) in [6, 6.07) is 16.8. The third-order valence-corrected chi connectivity index (χ3v) is 6.06. The van der Waals surface area contributed by atoms with E-state index in [1.807, 2.05) is 48.5 Å². The molecule has 36 heavy (non-hydrogen) atoms. The number of nitrogens with zero attached hydrogens (tertiary/aromatic N) is 2. The van der Waals surface area contributed by atoms with Crippen LogP contribution in [-0.2, 0) is 31.9 Å². The van der Waals surface area contributed by atoms with Crippen molar-refractivity contribution in [1.29, 1.82) is 0 Å². The Kier molecular flexibility index (Phi) is 7.20. The number of pyridine rings is 1. The van der Waals surface area contributed by atoms with Crippen molar-refractivity contribution in [3.63, 3.8) is 0 Å². The molecule has 3 aromatic rings. The fourth-order valence-corrected chi connectivity index (χ4v) is 4.42. The van der Waals surface area contributed by atoms with Crippen LogP contribution >= 0.6 is 0 Å². The van der Waals surface area contributed by atoms with E-state index in [0.717, 1.165) is 22.3 Å². The zero-order chi connectivity index (χ0) is 25.9. The van der Waals surface area contributed by atoms with Crippen molar-refractivity contribution in [3.8, 4) is 11.1 Å². The molecule has 2 heterocycles.